The van der Waals surface area contributed by atoms with Gasteiger partial charge in [-0.1, -0.05) is 109 Å². The van der Waals surface area contributed by atoms with Crippen LogP contribution in [-0.4, -0.2) is 8.80 Å². The molecule has 145 valence electrons. The number of halogens is 2. The van der Waals surface area contributed by atoms with Crippen LogP contribution in [0.3, 0.4) is 0 Å². The maximum Gasteiger partial charge on any atom is 0.0787 e. The number of benzene rings is 3. The molecule has 5 rings (SSSR count). The van der Waals surface area contributed by atoms with Gasteiger partial charge in [0.25, 0.3) is 0 Å². The summed E-state index contributed by atoms with van der Waals surface area (Å²) >= 11 is 0. The third kappa shape index (κ3) is 4.77. The van der Waals surface area contributed by atoms with Crippen LogP contribution in [0.15, 0.2) is 91.0 Å². The summed E-state index contributed by atoms with van der Waals surface area (Å²) in [5.74, 6) is 0. The molecule has 0 nitrogen and oxygen atoms in total. The number of rotatable bonds is 4. The molecule has 0 amide bonds. The molecule has 2 unspecified atom stereocenters. The summed E-state index contributed by atoms with van der Waals surface area (Å²) in [6.45, 7) is 0. The fourth-order valence-corrected chi connectivity index (χ4v) is 7.94. The van der Waals surface area contributed by atoms with Crippen LogP contribution in [0.25, 0.3) is 12.2 Å². The van der Waals surface area contributed by atoms with E-state index in [0.717, 1.165) is 0 Å². The average molecular weight is 599 g/mol. The third-order valence-corrected chi connectivity index (χ3v) is 9.07. The van der Waals surface area contributed by atoms with Crippen LogP contribution in [0.2, 0.25) is 0 Å². The Labute approximate surface area is 206 Å². The van der Waals surface area contributed by atoms with Crippen molar-refractivity contribution in [2.45, 2.75) is 17.1 Å². The van der Waals surface area contributed by atoms with E-state index in [2.05, 4.69) is 103 Å². The molecule has 0 bridgehead atoms. The van der Waals surface area contributed by atoms with Gasteiger partial charge in [-0.15, -0.1) is 0 Å². The molecule has 0 saturated carbocycles. The van der Waals surface area contributed by atoms with Crippen molar-refractivity contribution in [3.05, 3.63) is 119 Å². The average Bonchev–Trinajstić information content (AvgIpc) is 3.32. The fraction of sp³-hybridized carbons (Fsp3) is 0.120. The number of hydrogen-bond donors (Lipinski definition) is 0. The second-order valence-corrected chi connectivity index (χ2v) is 9.92. The minimum absolute atomic E-state index is 0. The Kier molecular flexibility index (Phi) is 8.90. The topological polar surface area (TPSA) is 0 Å². The van der Waals surface area contributed by atoms with Gasteiger partial charge >= 0.3 is 0 Å². The second-order valence-electron chi connectivity index (χ2n) is 7.17. The van der Waals surface area contributed by atoms with E-state index in [1.807, 2.05) is 0 Å². The fourth-order valence-electron chi connectivity index (χ4n) is 4.39. The van der Waals surface area contributed by atoms with Crippen molar-refractivity contribution in [1.82, 2.24) is 0 Å². The van der Waals surface area contributed by atoms with Gasteiger partial charge in [-0.3, -0.25) is 0 Å². The van der Waals surface area contributed by atoms with Crippen molar-refractivity contribution in [3.8, 4) is 0 Å². The van der Waals surface area contributed by atoms with E-state index in [-0.39, 0.29) is 50.7 Å². The molecule has 0 aromatic heterocycles. The molecule has 1 radical (unpaired) electrons. The van der Waals surface area contributed by atoms with Gasteiger partial charge in [-0.2, -0.15) is 0 Å². The first kappa shape index (κ1) is 24.1. The van der Waals surface area contributed by atoms with E-state index < -0.39 is 8.80 Å². The molecule has 2 aliphatic carbocycles. The molecule has 29 heavy (non-hydrogen) atoms. The summed E-state index contributed by atoms with van der Waals surface area (Å²) in [5.41, 5.74) is 8.46. The number of allylic oxidation sites excluding steroid dienone is 2. The Morgan fingerprint density at radius 1 is 0.586 bits per heavy atom. The van der Waals surface area contributed by atoms with E-state index in [1.165, 1.54) is 33.9 Å². The minimum Gasteiger partial charge on any atom is -1.00 e. The summed E-state index contributed by atoms with van der Waals surface area (Å²) in [6, 6.07) is 30.1. The predicted octanol–water partition coefficient (Wildman–Crippen LogP) is -0.0318. The first-order valence-corrected chi connectivity index (χ1v) is 11.2. The zero-order chi connectivity index (χ0) is 17.3. The first-order chi connectivity index (χ1) is 12.9. The van der Waals surface area contributed by atoms with Crippen molar-refractivity contribution >= 4 is 20.9 Å². The zero-order valence-electron chi connectivity index (χ0n) is 15.9. The molecular weight excluding hydrogens is 578 g/mol. The van der Waals surface area contributed by atoms with E-state index in [1.54, 1.807) is 0 Å². The maximum absolute atomic E-state index is 2.47. The molecule has 0 saturated heterocycles. The van der Waals surface area contributed by atoms with E-state index in [4.69, 9.17) is 0 Å². The minimum atomic E-state index is -0.750. The molecule has 2 atom stereocenters. The summed E-state index contributed by atoms with van der Waals surface area (Å²) in [5, 5.41) is 0. The van der Waals surface area contributed by atoms with Crippen LogP contribution in [0.1, 0.15) is 38.9 Å². The Morgan fingerprint density at radius 3 is 1.55 bits per heavy atom. The maximum atomic E-state index is 2.47. The van der Waals surface area contributed by atoms with E-state index >= 15 is 0 Å². The predicted molar refractivity (Wildman–Crippen MR) is 112 cm³/mol. The molecule has 4 heteroatoms. The Hall–Kier alpha value is -1.19. The summed E-state index contributed by atoms with van der Waals surface area (Å²) < 4.78 is 0. The summed E-state index contributed by atoms with van der Waals surface area (Å²) in [4.78, 5) is 0. The van der Waals surface area contributed by atoms with Crippen LogP contribution in [-0.2, 0) is 31.9 Å². The third-order valence-electron chi connectivity index (χ3n) is 5.65. The first-order valence-electron chi connectivity index (χ1n) is 9.34. The molecule has 0 fully saturated rings. The van der Waals surface area contributed by atoms with Crippen LogP contribution >= 0.6 is 0 Å². The monoisotopic (exact) mass is 599 g/mol. The summed E-state index contributed by atoms with van der Waals surface area (Å²) in [6.07, 6.45) is 9.60. The van der Waals surface area contributed by atoms with Crippen LogP contribution in [0.4, 0.5) is 0 Å². The quantitative estimate of drug-likeness (QED) is 0.371. The molecule has 3 aromatic rings. The van der Waals surface area contributed by atoms with E-state index in [0.29, 0.717) is 11.1 Å². The van der Waals surface area contributed by atoms with Crippen molar-refractivity contribution in [3.63, 3.8) is 0 Å². The van der Waals surface area contributed by atoms with Crippen LogP contribution < -0.4 is 24.8 Å². The number of fused-ring (bicyclic) bond motifs is 2. The van der Waals surface area contributed by atoms with Gasteiger partial charge in [0, 0.05) is 25.8 Å². The molecule has 0 aliphatic heterocycles. The van der Waals surface area contributed by atoms with Crippen molar-refractivity contribution in [2.75, 3.05) is 0 Å². The van der Waals surface area contributed by atoms with Gasteiger partial charge in [-0.05, 0) is 39.4 Å². The molecule has 0 heterocycles. The van der Waals surface area contributed by atoms with Gasteiger partial charge in [-0.25, -0.2) is 0 Å². The SMILES string of the molecule is C1=CC([Si](Cc2ccccc2)C2C=Cc3ccccc32)c2ccccc21.[Cl-].[Cl-].[Hf]. The van der Waals surface area contributed by atoms with Crippen molar-refractivity contribution in [2.24, 2.45) is 0 Å². The van der Waals surface area contributed by atoms with Crippen molar-refractivity contribution in [1.29, 1.82) is 0 Å². The van der Waals surface area contributed by atoms with Gasteiger partial charge in [0.1, 0.15) is 0 Å². The molecule has 0 spiro atoms. The van der Waals surface area contributed by atoms with Gasteiger partial charge < -0.3 is 24.8 Å². The molecule has 3 aromatic carbocycles. The zero-order valence-corrected chi connectivity index (χ0v) is 22.0. The molecule has 2 aliphatic rings. The molecule has 0 N–H and O–H groups in total. The normalized spacial score (nSPS) is 17.7. The Bertz CT molecular complexity index is 939. The second kappa shape index (κ2) is 10.7. The Morgan fingerprint density at radius 2 is 1.03 bits per heavy atom. The van der Waals surface area contributed by atoms with Gasteiger partial charge in [0.2, 0.25) is 0 Å². The molecular formula is C25H21Cl2HfSi-2. The van der Waals surface area contributed by atoms with E-state index in [9.17, 15) is 0 Å². The van der Waals surface area contributed by atoms with Gasteiger partial charge in [0.05, 0.1) is 8.80 Å². The van der Waals surface area contributed by atoms with Crippen LogP contribution in [0.5, 0.6) is 0 Å². The van der Waals surface area contributed by atoms with Crippen LogP contribution in [0, 0.1) is 0 Å². The van der Waals surface area contributed by atoms with Gasteiger partial charge in [0.15, 0.2) is 0 Å². The standard InChI is InChI=1S/C25H21Si.2ClH.Hf/c1-2-8-19(9-3-1)18-26(24-16-14-20-10-4-6-12-22(20)24)25-17-15-21-11-5-7-13-23(21)25;;;/h1-17,24-25H,18H2;2*1H;/p-2. The Balaban J connectivity index is 0.000001000. The van der Waals surface area contributed by atoms with Crippen molar-refractivity contribution < 1.29 is 50.7 Å². The smallest absolute Gasteiger partial charge is 0.0787 e. The number of hydrogen-bond acceptors (Lipinski definition) is 0. The largest absolute Gasteiger partial charge is 1.00 e. The summed E-state index contributed by atoms with van der Waals surface area (Å²) in [7, 11) is -0.750.